The van der Waals surface area contributed by atoms with Crippen LogP contribution in [0.5, 0.6) is 0 Å². The molecule has 2 heterocycles. The average Bonchev–Trinajstić information content (AvgIpc) is 3.07. The summed E-state index contributed by atoms with van der Waals surface area (Å²) in [5, 5.41) is 6.60. The quantitative estimate of drug-likeness (QED) is 0.642. The Morgan fingerprint density at radius 1 is 1.10 bits per heavy atom. The van der Waals surface area contributed by atoms with Crippen LogP contribution in [-0.4, -0.2) is 39.0 Å². The smallest absolute Gasteiger partial charge is 0.306 e. The van der Waals surface area contributed by atoms with Crippen LogP contribution in [-0.2, 0) is 20.7 Å². The van der Waals surface area contributed by atoms with Crippen LogP contribution in [0.4, 0.5) is 0 Å². The number of hydrogen-bond donors (Lipinski definition) is 1. The lowest BCUT2D eigenvalue weighted by Crippen LogP contribution is -2.34. The zero-order valence-electron chi connectivity index (χ0n) is 16.6. The number of amides is 2. The van der Waals surface area contributed by atoms with Gasteiger partial charge in [-0.2, -0.15) is 5.10 Å². The highest BCUT2D eigenvalue weighted by atomic mass is 16.5. The van der Waals surface area contributed by atoms with Gasteiger partial charge in [-0.1, -0.05) is 18.2 Å². The van der Waals surface area contributed by atoms with Crippen LogP contribution >= 0.6 is 0 Å². The average molecular weight is 394 g/mol. The van der Waals surface area contributed by atoms with Gasteiger partial charge in [0.25, 0.3) is 11.8 Å². The number of benzene rings is 1. The topological polar surface area (TPSA) is 103 Å². The van der Waals surface area contributed by atoms with Gasteiger partial charge in [0, 0.05) is 29.4 Å². The Kier molecular flexibility index (Phi) is 6.01. The number of ether oxygens (including phenoxy) is 1. The van der Waals surface area contributed by atoms with E-state index in [1.165, 1.54) is 0 Å². The zero-order valence-corrected chi connectivity index (χ0v) is 16.6. The van der Waals surface area contributed by atoms with E-state index in [4.69, 9.17) is 4.74 Å². The number of aromatic nitrogens is 3. The predicted molar refractivity (Wildman–Crippen MR) is 105 cm³/mol. The molecule has 0 atom stereocenters. The van der Waals surface area contributed by atoms with E-state index in [0.29, 0.717) is 12.0 Å². The molecule has 0 unspecified atom stereocenters. The van der Waals surface area contributed by atoms with Crippen LogP contribution in [0.25, 0.3) is 5.65 Å². The highest BCUT2D eigenvalue weighted by Crippen LogP contribution is 2.17. The summed E-state index contributed by atoms with van der Waals surface area (Å²) in [6.45, 7) is 5.20. The second-order valence-corrected chi connectivity index (χ2v) is 6.72. The second kappa shape index (κ2) is 8.64. The van der Waals surface area contributed by atoms with E-state index in [-0.39, 0.29) is 6.42 Å². The van der Waals surface area contributed by atoms with E-state index in [1.54, 1.807) is 34.8 Å². The van der Waals surface area contributed by atoms with E-state index in [2.05, 4.69) is 15.4 Å². The van der Waals surface area contributed by atoms with Crippen LogP contribution in [0.1, 0.15) is 39.4 Å². The summed E-state index contributed by atoms with van der Waals surface area (Å²) >= 11 is 0. The molecule has 3 rings (SSSR count). The normalized spacial score (nSPS) is 10.7. The predicted octanol–water partition coefficient (Wildman–Crippen LogP) is 2.09. The molecule has 29 heavy (non-hydrogen) atoms. The van der Waals surface area contributed by atoms with E-state index < -0.39 is 24.4 Å². The van der Waals surface area contributed by atoms with Crippen molar-refractivity contribution in [3.63, 3.8) is 0 Å². The summed E-state index contributed by atoms with van der Waals surface area (Å²) in [6.07, 6.45) is 0.512. The van der Waals surface area contributed by atoms with E-state index in [9.17, 15) is 14.4 Å². The molecule has 2 amide bonds. The summed E-state index contributed by atoms with van der Waals surface area (Å²) < 4.78 is 6.74. The van der Waals surface area contributed by atoms with Crippen LogP contribution < -0.4 is 5.32 Å². The maximum absolute atomic E-state index is 12.0. The monoisotopic (exact) mass is 394 g/mol. The lowest BCUT2D eigenvalue weighted by molar-refractivity contribution is -0.148. The molecule has 0 saturated carbocycles. The molecular weight excluding hydrogens is 372 g/mol. The largest absolute Gasteiger partial charge is 0.456 e. The van der Waals surface area contributed by atoms with Crippen molar-refractivity contribution in [3.8, 4) is 0 Å². The molecule has 0 bridgehead atoms. The molecule has 150 valence electrons. The fourth-order valence-electron chi connectivity index (χ4n) is 3.07. The Labute approximate surface area is 167 Å². The molecule has 3 aromatic rings. The van der Waals surface area contributed by atoms with Crippen LogP contribution in [0.3, 0.4) is 0 Å². The second-order valence-electron chi connectivity index (χ2n) is 6.72. The lowest BCUT2D eigenvalue weighted by atomic mass is 10.1. The minimum atomic E-state index is -0.672. The van der Waals surface area contributed by atoms with E-state index >= 15 is 0 Å². The number of imide groups is 1. The molecular formula is C21H22N4O4. The van der Waals surface area contributed by atoms with E-state index in [0.717, 1.165) is 28.3 Å². The summed E-state index contributed by atoms with van der Waals surface area (Å²) in [5.41, 5.74) is 4.65. The minimum absolute atomic E-state index is 0.0923. The third-order valence-corrected chi connectivity index (χ3v) is 4.52. The first-order valence-corrected chi connectivity index (χ1v) is 9.22. The Morgan fingerprint density at radius 3 is 2.55 bits per heavy atom. The summed E-state index contributed by atoms with van der Waals surface area (Å²) in [4.78, 5) is 40.3. The van der Waals surface area contributed by atoms with Crippen molar-refractivity contribution in [1.82, 2.24) is 19.9 Å². The van der Waals surface area contributed by atoms with Crippen molar-refractivity contribution in [2.75, 3.05) is 6.61 Å². The minimum Gasteiger partial charge on any atom is -0.456 e. The van der Waals surface area contributed by atoms with Gasteiger partial charge < -0.3 is 4.74 Å². The fourth-order valence-corrected chi connectivity index (χ4v) is 3.07. The standard InChI is InChI=1S/C21H22N4O4/c1-13-11-18-22-14(2)17(15(3)25(18)24-13)9-10-20(27)29-12-19(26)23-21(28)16-7-5-4-6-8-16/h4-8,11H,9-10,12H2,1-3H3,(H,23,26,28). The van der Waals surface area contributed by atoms with Gasteiger partial charge in [-0.05, 0) is 44.9 Å². The van der Waals surface area contributed by atoms with Crippen molar-refractivity contribution < 1.29 is 19.1 Å². The van der Waals surface area contributed by atoms with E-state index in [1.807, 2.05) is 26.8 Å². The number of rotatable bonds is 6. The summed E-state index contributed by atoms with van der Waals surface area (Å²) in [6, 6.07) is 10.2. The molecule has 0 aliphatic heterocycles. The van der Waals surface area contributed by atoms with Crippen LogP contribution in [0.15, 0.2) is 36.4 Å². The summed E-state index contributed by atoms with van der Waals surface area (Å²) in [7, 11) is 0. The molecule has 1 aromatic carbocycles. The lowest BCUT2D eigenvalue weighted by Gasteiger charge is -2.11. The fraction of sp³-hybridized carbons (Fsp3) is 0.286. The first-order valence-electron chi connectivity index (χ1n) is 9.22. The molecule has 1 N–H and O–H groups in total. The molecule has 0 radical (unpaired) electrons. The molecule has 0 fully saturated rings. The van der Waals surface area contributed by atoms with Crippen molar-refractivity contribution >= 4 is 23.4 Å². The molecule has 8 heteroatoms. The molecule has 2 aromatic heterocycles. The number of esters is 1. The van der Waals surface area contributed by atoms with Gasteiger partial charge in [-0.15, -0.1) is 0 Å². The van der Waals surface area contributed by atoms with Gasteiger partial charge in [-0.25, -0.2) is 9.50 Å². The highest BCUT2D eigenvalue weighted by molar-refractivity contribution is 6.05. The third kappa shape index (κ3) is 4.84. The number of nitrogens with zero attached hydrogens (tertiary/aromatic N) is 3. The SMILES string of the molecule is Cc1cc2nc(C)c(CCC(=O)OCC(=O)NC(=O)c3ccccc3)c(C)n2n1. The van der Waals surface area contributed by atoms with Gasteiger partial charge in [0.2, 0.25) is 0 Å². The van der Waals surface area contributed by atoms with Crippen molar-refractivity contribution in [1.29, 1.82) is 0 Å². The number of carbonyl (C=O) groups is 3. The Morgan fingerprint density at radius 2 is 1.83 bits per heavy atom. The van der Waals surface area contributed by atoms with Gasteiger partial charge in [0.15, 0.2) is 12.3 Å². The number of aryl methyl sites for hydroxylation is 3. The van der Waals surface area contributed by atoms with Crippen LogP contribution in [0.2, 0.25) is 0 Å². The van der Waals surface area contributed by atoms with Crippen LogP contribution in [0, 0.1) is 20.8 Å². The first-order chi connectivity index (χ1) is 13.8. The van der Waals surface area contributed by atoms with Gasteiger partial charge in [0.1, 0.15) is 0 Å². The Hall–Kier alpha value is -3.55. The first kappa shape index (κ1) is 20.2. The Bertz CT molecular complexity index is 1070. The van der Waals surface area contributed by atoms with Gasteiger partial charge in [-0.3, -0.25) is 19.7 Å². The Balaban J connectivity index is 1.52. The molecule has 0 aliphatic carbocycles. The number of hydrogen-bond acceptors (Lipinski definition) is 6. The molecule has 0 aliphatic rings. The molecule has 0 saturated heterocycles. The maximum Gasteiger partial charge on any atom is 0.306 e. The van der Waals surface area contributed by atoms with Gasteiger partial charge >= 0.3 is 5.97 Å². The van der Waals surface area contributed by atoms with Gasteiger partial charge in [0.05, 0.1) is 5.69 Å². The highest BCUT2D eigenvalue weighted by Gasteiger charge is 2.15. The molecule has 8 nitrogen and oxygen atoms in total. The van der Waals surface area contributed by atoms with Crippen molar-refractivity contribution in [2.24, 2.45) is 0 Å². The van der Waals surface area contributed by atoms with Crippen molar-refractivity contribution in [2.45, 2.75) is 33.6 Å². The van der Waals surface area contributed by atoms with Crippen molar-refractivity contribution in [3.05, 3.63) is 64.6 Å². The third-order valence-electron chi connectivity index (χ3n) is 4.52. The number of carbonyl (C=O) groups excluding carboxylic acids is 3. The maximum atomic E-state index is 12.0. The number of fused-ring (bicyclic) bond motifs is 1. The zero-order chi connectivity index (χ0) is 21.0. The summed E-state index contributed by atoms with van der Waals surface area (Å²) in [5.74, 6) is -1.73. The number of nitrogens with one attached hydrogen (secondary N) is 1. The molecule has 0 spiro atoms.